The molecule has 2 N–H and O–H groups in total. The number of hydrogen-bond donors (Lipinski definition) is 2. The number of allylic oxidation sites excluding steroid dienone is 3. The molecule has 0 aliphatic heterocycles. The van der Waals surface area contributed by atoms with E-state index >= 15 is 0 Å². The molecule has 0 aliphatic carbocycles. The number of esters is 2. The zero-order valence-electron chi connectivity index (χ0n) is 29.5. The molecular weight excluding hydrogens is 566 g/mol. The van der Waals surface area contributed by atoms with Crippen molar-refractivity contribution >= 4 is 17.8 Å². The summed E-state index contributed by atoms with van der Waals surface area (Å²) in [5.74, 6) is -1.50. The van der Waals surface area contributed by atoms with Crippen LogP contribution in [-0.2, 0) is 23.9 Å². The Bertz CT molecular complexity index is 780. The first kappa shape index (κ1) is 42.9. The largest absolute Gasteiger partial charge is 0.456 e. The molecule has 0 heterocycles. The van der Waals surface area contributed by atoms with E-state index in [4.69, 9.17) is 9.47 Å². The lowest BCUT2D eigenvalue weighted by molar-refractivity contribution is -0.155. The molecule has 262 valence electrons. The lowest BCUT2D eigenvalue weighted by Gasteiger charge is -2.26. The van der Waals surface area contributed by atoms with E-state index in [-0.39, 0.29) is 0 Å². The Balaban J connectivity index is 4.59. The lowest BCUT2D eigenvalue weighted by Crippen LogP contribution is -2.50. The number of hydrogen-bond acceptors (Lipinski definition) is 6. The first-order valence-corrected chi connectivity index (χ1v) is 18.4. The summed E-state index contributed by atoms with van der Waals surface area (Å²) >= 11 is 0. The molecule has 0 aromatic carbocycles. The second kappa shape index (κ2) is 31.8. The molecule has 0 aromatic rings. The summed E-state index contributed by atoms with van der Waals surface area (Å²) in [6, 6.07) is -0.842. The van der Waals surface area contributed by atoms with E-state index < -0.39 is 42.7 Å². The minimum absolute atomic E-state index is 0.417. The Morgan fingerprint density at radius 1 is 0.600 bits per heavy atom. The number of unbranched alkanes of at least 4 members (excludes halogenated alkanes) is 19. The third kappa shape index (κ3) is 27.8. The number of rotatable bonds is 31. The average molecular weight is 636 g/mol. The van der Waals surface area contributed by atoms with Crippen LogP contribution >= 0.6 is 0 Å². The van der Waals surface area contributed by atoms with Crippen LogP contribution in [0.25, 0.3) is 0 Å². The molecule has 0 unspecified atom stereocenters. The van der Waals surface area contributed by atoms with Crippen molar-refractivity contribution < 1.29 is 29.0 Å². The van der Waals surface area contributed by atoms with Gasteiger partial charge in [-0.2, -0.15) is 0 Å². The number of aliphatic hydroxyl groups excluding tert-OH is 1. The monoisotopic (exact) mass is 636 g/mol. The number of carbonyl (C=O) groups is 3. The fourth-order valence-electron chi connectivity index (χ4n) is 5.45. The van der Waals surface area contributed by atoms with Gasteiger partial charge in [0, 0.05) is 13.8 Å². The molecule has 0 saturated carbocycles. The van der Waals surface area contributed by atoms with Crippen LogP contribution in [0.5, 0.6) is 0 Å². The Hall–Kier alpha value is -2.15. The Morgan fingerprint density at radius 2 is 1.04 bits per heavy atom. The highest BCUT2D eigenvalue weighted by Crippen LogP contribution is 2.15. The highest BCUT2D eigenvalue weighted by atomic mass is 16.6. The third-order valence-electron chi connectivity index (χ3n) is 8.11. The number of nitrogens with one attached hydrogen (secondary N) is 1. The van der Waals surface area contributed by atoms with Gasteiger partial charge in [-0.05, 0) is 44.6 Å². The van der Waals surface area contributed by atoms with Crippen molar-refractivity contribution in [3.63, 3.8) is 0 Å². The summed E-state index contributed by atoms with van der Waals surface area (Å²) in [6.45, 7) is 6.66. The Kier molecular flexibility index (Phi) is 30.3. The maximum atomic E-state index is 13.1. The first-order valence-electron chi connectivity index (χ1n) is 18.4. The molecule has 45 heavy (non-hydrogen) atoms. The molecule has 0 saturated heterocycles. The topological polar surface area (TPSA) is 102 Å². The van der Waals surface area contributed by atoms with Crippen LogP contribution in [0, 0.1) is 0 Å². The molecule has 0 aromatic heterocycles. The van der Waals surface area contributed by atoms with Crippen LogP contribution in [0.4, 0.5) is 0 Å². The maximum absolute atomic E-state index is 13.1. The number of aliphatic hydroxyl groups is 1. The Morgan fingerprint density at radius 3 is 1.53 bits per heavy atom. The molecule has 0 fully saturated rings. The van der Waals surface area contributed by atoms with E-state index in [0.29, 0.717) is 6.42 Å². The lowest BCUT2D eigenvalue weighted by atomic mass is 10.0. The van der Waals surface area contributed by atoms with Gasteiger partial charge >= 0.3 is 11.9 Å². The van der Waals surface area contributed by atoms with Crippen molar-refractivity contribution in [2.24, 2.45) is 0 Å². The van der Waals surface area contributed by atoms with Crippen LogP contribution in [0.15, 0.2) is 24.3 Å². The minimum Gasteiger partial charge on any atom is -0.456 e. The molecule has 7 heteroatoms. The minimum atomic E-state index is -0.942. The quantitative estimate of drug-likeness (QED) is 0.0447. The van der Waals surface area contributed by atoms with E-state index in [2.05, 4.69) is 31.3 Å². The van der Waals surface area contributed by atoms with Gasteiger partial charge in [0.25, 0.3) is 5.91 Å². The van der Waals surface area contributed by atoms with E-state index in [0.717, 1.165) is 38.5 Å². The highest BCUT2D eigenvalue weighted by Gasteiger charge is 2.28. The van der Waals surface area contributed by atoms with Gasteiger partial charge < -0.3 is 19.9 Å². The van der Waals surface area contributed by atoms with Gasteiger partial charge in [0.15, 0.2) is 6.10 Å². The highest BCUT2D eigenvalue weighted by molar-refractivity contribution is 5.83. The van der Waals surface area contributed by atoms with Crippen molar-refractivity contribution in [2.75, 3.05) is 6.61 Å². The van der Waals surface area contributed by atoms with E-state index in [9.17, 15) is 19.5 Å². The summed E-state index contributed by atoms with van der Waals surface area (Å²) < 4.78 is 10.8. The molecule has 7 nitrogen and oxygen atoms in total. The van der Waals surface area contributed by atoms with Gasteiger partial charge in [0.1, 0.15) is 6.10 Å². The summed E-state index contributed by atoms with van der Waals surface area (Å²) in [6.07, 6.45) is 33.0. The van der Waals surface area contributed by atoms with Crippen LogP contribution in [0.3, 0.4) is 0 Å². The third-order valence-corrected chi connectivity index (χ3v) is 8.11. The predicted octanol–water partition coefficient (Wildman–Crippen LogP) is 9.45. The summed E-state index contributed by atoms with van der Waals surface area (Å²) in [5.41, 5.74) is 0. The zero-order chi connectivity index (χ0) is 33.4. The van der Waals surface area contributed by atoms with Gasteiger partial charge in [-0.15, -0.1) is 0 Å². The molecule has 0 radical (unpaired) electrons. The normalized spacial score (nSPS) is 13.6. The van der Waals surface area contributed by atoms with Gasteiger partial charge in [0.05, 0.1) is 12.6 Å². The Labute approximate surface area is 276 Å². The molecule has 0 rings (SSSR count). The van der Waals surface area contributed by atoms with Gasteiger partial charge in [-0.3, -0.25) is 14.4 Å². The molecule has 0 spiro atoms. The number of ether oxygens (including phenoxy) is 2. The second-order valence-corrected chi connectivity index (χ2v) is 12.5. The summed E-state index contributed by atoms with van der Waals surface area (Å²) in [4.78, 5) is 36.6. The van der Waals surface area contributed by atoms with Crippen LogP contribution in [0.2, 0.25) is 0 Å². The average Bonchev–Trinajstić information content (AvgIpc) is 3.01. The molecule has 0 aliphatic rings. The van der Waals surface area contributed by atoms with E-state index in [1.54, 1.807) is 6.08 Å². The van der Waals surface area contributed by atoms with E-state index in [1.165, 1.54) is 117 Å². The fourth-order valence-corrected chi connectivity index (χ4v) is 5.45. The maximum Gasteiger partial charge on any atom is 0.303 e. The molecule has 3 atom stereocenters. The van der Waals surface area contributed by atoms with Crippen LogP contribution in [0.1, 0.15) is 175 Å². The van der Waals surface area contributed by atoms with Gasteiger partial charge in [-0.25, -0.2) is 0 Å². The van der Waals surface area contributed by atoms with Crippen molar-refractivity contribution in [2.45, 2.75) is 194 Å². The summed E-state index contributed by atoms with van der Waals surface area (Å²) in [5, 5.41) is 12.8. The van der Waals surface area contributed by atoms with Crippen molar-refractivity contribution in [3.8, 4) is 0 Å². The second-order valence-electron chi connectivity index (χ2n) is 12.5. The van der Waals surface area contributed by atoms with Crippen molar-refractivity contribution in [1.29, 1.82) is 0 Å². The molecule has 0 bridgehead atoms. The number of carbonyl (C=O) groups excluding carboxylic acids is 3. The SMILES string of the molecule is CCCCCCCCC/C=C/CC/C=C/[C@@H](OC(C)=O)[C@H](CO)NC(=O)[C@@H](CCCCCCCCCCCCCC)OC(C)=O. The van der Waals surface area contributed by atoms with Gasteiger partial charge in [0.2, 0.25) is 0 Å². The van der Waals surface area contributed by atoms with Crippen LogP contribution < -0.4 is 5.32 Å². The van der Waals surface area contributed by atoms with E-state index in [1.807, 2.05) is 6.08 Å². The molecule has 1 amide bonds. The van der Waals surface area contributed by atoms with Crippen molar-refractivity contribution in [1.82, 2.24) is 5.32 Å². The van der Waals surface area contributed by atoms with Crippen LogP contribution in [-0.4, -0.2) is 47.8 Å². The van der Waals surface area contributed by atoms with Crippen molar-refractivity contribution in [3.05, 3.63) is 24.3 Å². The first-order chi connectivity index (χ1) is 21.8. The fraction of sp³-hybridized carbons (Fsp3) is 0.816. The predicted molar refractivity (Wildman–Crippen MR) is 186 cm³/mol. The standard InChI is InChI=1S/C38H69NO6/c1-5-7-9-11-13-15-17-19-21-22-24-26-28-30-36(44-33(3)41)35(32-40)39-38(43)37(45-34(4)42)31-29-27-25-23-20-18-16-14-12-10-8-6-2/h21-22,28,30,35-37,40H,5-20,23-27,29,31-32H2,1-4H3,(H,39,43)/b22-21+,30-28+/t35-,36+,37+/m0/s1. The smallest absolute Gasteiger partial charge is 0.303 e. The molecular formula is C38H69NO6. The zero-order valence-corrected chi connectivity index (χ0v) is 29.5. The number of amides is 1. The summed E-state index contributed by atoms with van der Waals surface area (Å²) in [7, 11) is 0. The van der Waals surface area contributed by atoms with Gasteiger partial charge in [-0.1, -0.05) is 141 Å².